The minimum atomic E-state index is -1.90. The number of ether oxygens (including phenoxy) is 7. The van der Waals surface area contributed by atoms with Gasteiger partial charge in [0.2, 0.25) is 5.91 Å². The summed E-state index contributed by atoms with van der Waals surface area (Å²) in [7, 11) is 3.88. The number of esters is 1. The number of halogens is 1. The number of allylic oxidation sites excluding steroid dienone is 3. The van der Waals surface area contributed by atoms with E-state index in [-0.39, 0.29) is 23.6 Å². The van der Waals surface area contributed by atoms with Crippen molar-refractivity contribution in [2.75, 3.05) is 32.8 Å². The van der Waals surface area contributed by atoms with E-state index < -0.39 is 110 Å². The van der Waals surface area contributed by atoms with Gasteiger partial charge >= 0.3 is 24.2 Å². The number of methoxy groups -OCH3 is 2. The van der Waals surface area contributed by atoms with Gasteiger partial charge in [0.25, 0.3) is 0 Å². The van der Waals surface area contributed by atoms with Gasteiger partial charge in [-0.2, -0.15) is 0 Å². The molecule has 58 heavy (non-hydrogen) atoms. The summed E-state index contributed by atoms with van der Waals surface area (Å²) in [5, 5.41) is 39.1. The number of carbonyl (C=O) groups excluding carboxylic acids is 5. The largest absolute Gasteiger partial charge is 0.506 e. The van der Waals surface area contributed by atoms with E-state index >= 15 is 0 Å². The van der Waals surface area contributed by atoms with Crippen molar-refractivity contribution in [3.63, 3.8) is 0 Å². The third kappa shape index (κ3) is 11.0. The predicted molar refractivity (Wildman–Crippen MR) is 204 cm³/mol. The fraction of sp³-hybridized carbons (Fsp3) is 0.553. The molecule has 1 aromatic rings. The van der Waals surface area contributed by atoms with Crippen LogP contribution in [-0.2, 0) is 49.2 Å². The van der Waals surface area contributed by atoms with Crippen molar-refractivity contribution in [3.05, 3.63) is 58.2 Å². The standard InChI is InChI=1S/C38H51ClN4O15/c1-18-9-8-10-28(52-6)38(51)16-26(57-37(50)42-38)20(3)12-19(2)25(56-36(49)41-5)15-29(46)43(23-13-22(11-18)14-24(45)30(23)39)34-31(47)33(53-7)32(58-35(40)48)27(55-34)17-54-21(4)44/h8-10,12-14,20,25-28,31-34,45,47,51H,11,15-17H2,1-7H3,(H2,40,48)(H,41,49)(H,42,50)/b10-8+,18-9+,19-12?/t20-,25-,26-,27-,28+,31-,32-,33-,34-,38-/m0/s1. The summed E-state index contributed by atoms with van der Waals surface area (Å²) in [5.74, 6) is -2.68. The van der Waals surface area contributed by atoms with Crippen LogP contribution >= 0.6 is 11.6 Å². The van der Waals surface area contributed by atoms with Crippen molar-refractivity contribution >= 4 is 47.4 Å². The van der Waals surface area contributed by atoms with E-state index in [0.29, 0.717) is 16.7 Å². The Bertz CT molecular complexity index is 1810. The van der Waals surface area contributed by atoms with Gasteiger partial charge in [0.1, 0.15) is 54.0 Å². The van der Waals surface area contributed by atoms with E-state index in [2.05, 4.69) is 10.6 Å². The first kappa shape index (κ1) is 45.8. The molecule has 0 aliphatic carbocycles. The molecule has 0 radical (unpaired) electrons. The number of aliphatic hydroxyl groups excluding tert-OH is 1. The third-order valence-electron chi connectivity index (χ3n) is 9.88. The molecule has 3 heterocycles. The van der Waals surface area contributed by atoms with Gasteiger partial charge in [-0.3, -0.25) is 19.8 Å². The maximum absolute atomic E-state index is 14.9. The fourth-order valence-corrected chi connectivity index (χ4v) is 7.27. The first-order chi connectivity index (χ1) is 27.3. The molecule has 0 spiro atoms. The van der Waals surface area contributed by atoms with E-state index in [4.69, 9.17) is 50.5 Å². The number of fused-ring (bicyclic) bond motifs is 4. The van der Waals surface area contributed by atoms with E-state index in [1.807, 2.05) is 0 Å². The number of aliphatic hydroxyl groups is 2. The third-order valence-corrected chi connectivity index (χ3v) is 10.3. The molecule has 19 nitrogen and oxygen atoms in total. The van der Waals surface area contributed by atoms with Gasteiger partial charge in [-0.15, -0.1) is 0 Å². The van der Waals surface area contributed by atoms with Crippen molar-refractivity contribution < 1.29 is 72.5 Å². The molecule has 20 heteroatoms. The second-order valence-corrected chi connectivity index (χ2v) is 14.6. The maximum Gasteiger partial charge on any atom is 0.409 e. The Morgan fingerprint density at radius 1 is 1.14 bits per heavy atom. The van der Waals surface area contributed by atoms with Crippen molar-refractivity contribution in [2.45, 2.75) is 102 Å². The number of phenols is 1. The zero-order chi connectivity index (χ0) is 43.1. The molecule has 320 valence electrons. The lowest BCUT2D eigenvalue weighted by Crippen LogP contribution is -2.66. The average Bonchev–Trinajstić information content (AvgIpc) is 3.14. The van der Waals surface area contributed by atoms with Crippen LogP contribution in [0.25, 0.3) is 0 Å². The summed E-state index contributed by atoms with van der Waals surface area (Å²) in [6, 6.07) is 2.86. The summed E-state index contributed by atoms with van der Waals surface area (Å²) in [4.78, 5) is 65.2. The molecule has 7 N–H and O–H groups in total. The SMILES string of the molecule is CNC(=O)O[C@H]1CC(=O)N([C@H]2O[C@@H](COC(C)=O)[C@H](OC(N)=O)[C@@H](OC)[C@@H]2O)c2cc(cc(O)c2Cl)C/C(C)=C/C=C/[C@@H](OC)[C@@]2(O)C[C@H](OC(=O)N2)[C@@H](C)C=C1C. The van der Waals surface area contributed by atoms with Gasteiger partial charge in [-0.25, -0.2) is 14.4 Å². The molecule has 4 rings (SSSR count). The Balaban J connectivity index is 1.95. The van der Waals surface area contributed by atoms with E-state index in [0.717, 1.165) is 11.8 Å². The smallest absolute Gasteiger partial charge is 0.409 e. The summed E-state index contributed by atoms with van der Waals surface area (Å²) in [6.45, 7) is 5.63. The van der Waals surface area contributed by atoms with Crippen LogP contribution in [0.15, 0.2) is 47.6 Å². The van der Waals surface area contributed by atoms with Crippen LogP contribution < -0.4 is 21.3 Å². The van der Waals surface area contributed by atoms with Gasteiger partial charge in [0.05, 0.1) is 12.1 Å². The number of hydrogen-bond donors (Lipinski definition) is 6. The molecule has 10 atom stereocenters. The Kier molecular flexibility index (Phi) is 15.5. The number of primary amides is 1. The molecule has 4 amide bonds. The number of phenolic OH excluding ortho intramolecular Hbond substituents is 1. The van der Waals surface area contributed by atoms with E-state index in [9.17, 15) is 39.3 Å². The van der Waals surface area contributed by atoms with Gasteiger partial charge in [-0.05, 0) is 43.5 Å². The first-order valence-electron chi connectivity index (χ1n) is 18.3. The topological polar surface area (TPSA) is 264 Å². The molecule has 1 aromatic carbocycles. The number of aromatic hydroxyl groups is 1. The van der Waals surface area contributed by atoms with Gasteiger partial charge in [0, 0.05) is 40.5 Å². The first-order valence-corrected chi connectivity index (χ1v) is 18.6. The number of carbonyl (C=O) groups is 5. The van der Waals surface area contributed by atoms with Crippen molar-refractivity contribution in [3.8, 4) is 5.75 Å². The normalized spacial score (nSPS) is 32.3. The highest BCUT2D eigenvalue weighted by Gasteiger charge is 2.52. The number of nitrogens with zero attached hydrogens (tertiary/aromatic N) is 1. The molecular formula is C38H51ClN4O15. The lowest BCUT2D eigenvalue weighted by atomic mass is 9.89. The zero-order valence-electron chi connectivity index (χ0n) is 33.1. The van der Waals surface area contributed by atoms with Crippen molar-refractivity contribution in [1.29, 1.82) is 0 Å². The number of hydrogen-bond acceptors (Lipinski definition) is 15. The van der Waals surface area contributed by atoms with E-state index in [1.54, 1.807) is 45.1 Å². The van der Waals surface area contributed by atoms with Crippen LogP contribution in [0.1, 0.15) is 46.1 Å². The second-order valence-electron chi connectivity index (χ2n) is 14.2. The highest BCUT2D eigenvalue weighted by molar-refractivity contribution is 6.35. The van der Waals surface area contributed by atoms with Crippen LogP contribution in [0.4, 0.5) is 20.1 Å². The minimum absolute atomic E-state index is 0.126. The Morgan fingerprint density at radius 3 is 2.47 bits per heavy atom. The van der Waals surface area contributed by atoms with Crippen molar-refractivity contribution in [1.82, 2.24) is 10.6 Å². The number of rotatable bonds is 7. The van der Waals surface area contributed by atoms with Gasteiger partial charge in [-0.1, -0.05) is 48.4 Å². The number of amides is 4. The molecule has 0 aromatic heterocycles. The molecule has 2 fully saturated rings. The maximum atomic E-state index is 14.9. The molecule has 3 aliphatic rings. The van der Waals surface area contributed by atoms with Crippen LogP contribution in [0.5, 0.6) is 5.75 Å². The molecule has 4 bridgehead atoms. The number of nitrogens with one attached hydrogen (secondary N) is 2. The summed E-state index contributed by atoms with van der Waals surface area (Å²) in [5.41, 5.74) is 4.74. The molecule has 3 aliphatic heterocycles. The number of alkyl carbamates (subject to hydrolysis) is 2. The quantitative estimate of drug-likeness (QED) is 0.131. The van der Waals surface area contributed by atoms with Crippen LogP contribution in [0.3, 0.4) is 0 Å². The molecule has 0 unspecified atom stereocenters. The van der Waals surface area contributed by atoms with Crippen LogP contribution in [-0.4, -0.2) is 128 Å². The predicted octanol–water partition coefficient (Wildman–Crippen LogP) is 2.46. The second kappa shape index (κ2) is 19.7. The van der Waals surface area contributed by atoms with Gasteiger partial charge in [0.15, 0.2) is 18.1 Å². The summed E-state index contributed by atoms with van der Waals surface area (Å²) < 4.78 is 39.0. The minimum Gasteiger partial charge on any atom is -0.506 e. The highest BCUT2D eigenvalue weighted by Crippen LogP contribution is 2.41. The Labute approximate surface area is 340 Å². The van der Waals surface area contributed by atoms with Crippen LogP contribution in [0, 0.1) is 5.92 Å². The number of benzene rings is 1. The number of anilines is 1. The fourth-order valence-electron chi connectivity index (χ4n) is 7.07. The lowest BCUT2D eigenvalue weighted by molar-refractivity contribution is -0.236. The molecule has 0 saturated carbocycles. The van der Waals surface area contributed by atoms with Crippen molar-refractivity contribution in [2.24, 2.45) is 11.7 Å². The zero-order valence-corrected chi connectivity index (χ0v) is 33.9. The summed E-state index contributed by atoms with van der Waals surface area (Å²) in [6.07, 6.45) is -8.27. The monoisotopic (exact) mass is 838 g/mol. The highest BCUT2D eigenvalue weighted by atomic mass is 35.5. The number of nitrogens with two attached hydrogens (primary N) is 1. The van der Waals surface area contributed by atoms with Gasteiger partial charge < -0.3 is 59.5 Å². The van der Waals surface area contributed by atoms with Crippen LogP contribution in [0.2, 0.25) is 5.02 Å². The average molecular weight is 839 g/mol. The molecular weight excluding hydrogens is 788 g/mol. The Hall–Kier alpha value is -4.92. The lowest BCUT2D eigenvalue weighted by Gasteiger charge is -2.47. The Morgan fingerprint density at radius 2 is 1.84 bits per heavy atom. The van der Waals surface area contributed by atoms with E-state index in [1.165, 1.54) is 33.4 Å². The summed E-state index contributed by atoms with van der Waals surface area (Å²) >= 11 is 6.74. The molecule has 2 saturated heterocycles.